The van der Waals surface area contributed by atoms with Gasteiger partial charge in [0, 0.05) is 62.5 Å². The molecule has 0 aliphatic carbocycles. The Kier molecular flexibility index (Phi) is 11.7. The van der Waals surface area contributed by atoms with Crippen LogP contribution in [0, 0.1) is 0 Å². The van der Waals surface area contributed by atoms with Crippen molar-refractivity contribution in [3.8, 4) is 0 Å². The number of carbonyl (C=O) groups is 2. The lowest BCUT2D eigenvalue weighted by molar-refractivity contribution is 0.0280. The summed E-state index contributed by atoms with van der Waals surface area (Å²) in [6.45, 7) is 18.3. The molecule has 2 aromatic rings. The molecule has 1 aliphatic rings. The van der Waals surface area contributed by atoms with Crippen molar-refractivity contribution in [3.05, 3.63) is 70.3 Å². The van der Waals surface area contributed by atoms with Gasteiger partial charge in [-0.25, -0.2) is 9.78 Å². The second kappa shape index (κ2) is 14.9. The number of nitrogens with one attached hydrogen (secondary N) is 1. The molecule has 0 saturated carbocycles. The zero-order valence-electron chi connectivity index (χ0n) is 25.3. The van der Waals surface area contributed by atoms with Crippen molar-refractivity contribution >= 4 is 34.7 Å². The molecule has 9 nitrogen and oxygen atoms in total. The fourth-order valence-electron chi connectivity index (χ4n) is 4.39. The van der Waals surface area contributed by atoms with Crippen LogP contribution in [0.5, 0.6) is 0 Å². The Hall–Kier alpha value is -3.50. The minimum absolute atomic E-state index is 0.213. The number of carbonyl (C=O) groups excluding carboxylic acids is 2. The number of para-hydroxylation sites is 1. The largest absolute Gasteiger partial charge is 0.444 e. The summed E-state index contributed by atoms with van der Waals surface area (Å²) >= 11 is 1.41. The Morgan fingerprint density at radius 2 is 1.93 bits per heavy atom. The van der Waals surface area contributed by atoms with Gasteiger partial charge in [-0.05, 0) is 59.4 Å². The molecular formula is C31H44N6O3S. The molecule has 1 aromatic heterocycles. The van der Waals surface area contributed by atoms with E-state index in [9.17, 15) is 9.59 Å². The lowest BCUT2D eigenvalue weighted by Gasteiger charge is -2.35. The molecule has 222 valence electrons. The van der Waals surface area contributed by atoms with E-state index in [-0.39, 0.29) is 5.91 Å². The Morgan fingerprint density at radius 1 is 1.22 bits per heavy atom. The number of aliphatic imine (C=N–C) groups is 1. The quantitative estimate of drug-likeness (QED) is 0.292. The molecule has 0 spiro atoms. The molecule has 0 radical (unpaired) electrons. The molecule has 1 saturated heterocycles. The maximum atomic E-state index is 13.0. The van der Waals surface area contributed by atoms with E-state index < -0.39 is 11.7 Å². The van der Waals surface area contributed by atoms with Gasteiger partial charge in [-0.2, -0.15) is 0 Å². The van der Waals surface area contributed by atoms with Gasteiger partial charge in [0.15, 0.2) is 0 Å². The first kappa shape index (κ1) is 32.0. The van der Waals surface area contributed by atoms with E-state index in [1.54, 1.807) is 10.3 Å². The fourth-order valence-corrected chi connectivity index (χ4v) is 5.16. The monoisotopic (exact) mass is 580 g/mol. The SMILES string of the molecule is C=C(/C=C\C)N=C(C)CN(CCc1nc(C(=O)NCc2ccccc2N2CCN(C)CC2)cs1)C(=O)OC(C)(C)C. The first-order chi connectivity index (χ1) is 19.4. The van der Waals surface area contributed by atoms with Crippen molar-refractivity contribution in [2.75, 3.05) is 51.2 Å². The number of benzene rings is 1. The highest BCUT2D eigenvalue weighted by atomic mass is 32.1. The van der Waals surface area contributed by atoms with Crippen LogP contribution in [-0.2, 0) is 17.7 Å². The molecule has 0 bridgehead atoms. The third kappa shape index (κ3) is 10.4. The van der Waals surface area contributed by atoms with Gasteiger partial charge in [0.1, 0.15) is 11.3 Å². The molecule has 1 N–H and O–H groups in total. The third-order valence-electron chi connectivity index (χ3n) is 6.42. The number of hydrogen-bond acceptors (Lipinski definition) is 8. The van der Waals surface area contributed by atoms with Crippen molar-refractivity contribution in [2.45, 2.75) is 53.2 Å². The van der Waals surface area contributed by atoms with Gasteiger partial charge >= 0.3 is 6.09 Å². The molecule has 2 amide bonds. The van der Waals surface area contributed by atoms with Gasteiger partial charge in [-0.1, -0.05) is 30.9 Å². The van der Waals surface area contributed by atoms with Crippen LogP contribution in [0.25, 0.3) is 0 Å². The fraction of sp³-hybridized carbons (Fsp3) is 0.484. The van der Waals surface area contributed by atoms with Crippen LogP contribution < -0.4 is 10.2 Å². The van der Waals surface area contributed by atoms with Gasteiger partial charge in [0.25, 0.3) is 5.91 Å². The van der Waals surface area contributed by atoms with Gasteiger partial charge in [0.2, 0.25) is 0 Å². The Labute approximate surface area is 248 Å². The van der Waals surface area contributed by atoms with E-state index in [4.69, 9.17) is 4.74 Å². The van der Waals surface area contributed by atoms with E-state index in [2.05, 4.69) is 50.9 Å². The number of allylic oxidation sites excluding steroid dienone is 2. The molecule has 10 heteroatoms. The number of anilines is 1. The maximum Gasteiger partial charge on any atom is 0.410 e. The van der Waals surface area contributed by atoms with Crippen molar-refractivity contribution in [1.29, 1.82) is 0 Å². The minimum Gasteiger partial charge on any atom is -0.444 e. The summed E-state index contributed by atoms with van der Waals surface area (Å²) in [5, 5.41) is 5.57. The Balaban J connectivity index is 1.61. The predicted octanol–water partition coefficient (Wildman–Crippen LogP) is 5.16. The summed E-state index contributed by atoms with van der Waals surface area (Å²) < 4.78 is 5.63. The lowest BCUT2D eigenvalue weighted by Crippen LogP contribution is -2.45. The standard InChI is InChI=1S/C31H44N6O3S/c1-8-11-23(2)33-24(3)21-37(30(39)40-31(4,5)6)15-14-28-34-26(22-41-28)29(38)32-20-25-12-9-10-13-27(25)36-18-16-35(7)17-19-36/h8-13,22H,2,14-21H2,1,3-7H3,(H,32,38)/b11-8-,33-24?. The summed E-state index contributed by atoms with van der Waals surface area (Å²) in [4.78, 5) is 41.3. The number of piperazine rings is 1. The number of aromatic nitrogens is 1. The van der Waals surface area contributed by atoms with Gasteiger partial charge in [0.05, 0.1) is 17.2 Å². The Morgan fingerprint density at radius 3 is 2.61 bits per heavy atom. The van der Waals surface area contributed by atoms with Crippen molar-refractivity contribution < 1.29 is 14.3 Å². The van der Waals surface area contributed by atoms with Crippen LogP contribution in [-0.4, -0.2) is 84.4 Å². The highest BCUT2D eigenvalue weighted by Gasteiger charge is 2.23. The van der Waals surface area contributed by atoms with E-state index in [1.165, 1.54) is 11.3 Å². The average molecular weight is 581 g/mol. The van der Waals surface area contributed by atoms with Gasteiger partial charge in [-0.15, -0.1) is 11.3 Å². The number of rotatable bonds is 11. The number of thiazole rings is 1. The molecule has 1 fully saturated rings. The van der Waals surface area contributed by atoms with E-state index in [0.717, 1.165) is 48.1 Å². The second-order valence-electron chi connectivity index (χ2n) is 11.2. The zero-order valence-corrected chi connectivity index (χ0v) is 26.1. The normalized spacial score (nSPS) is 14.8. The molecule has 0 atom stereocenters. The van der Waals surface area contributed by atoms with Crippen LogP contribution in [0.2, 0.25) is 0 Å². The highest BCUT2D eigenvalue weighted by Crippen LogP contribution is 2.22. The van der Waals surface area contributed by atoms with E-state index in [0.29, 0.717) is 37.4 Å². The van der Waals surface area contributed by atoms with Crippen LogP contribution in [0.4, 0.5) is 10.5 Å². The predicted molar refractivity (Wildman–Crippen MR) is 168 cm³/mol. The third-order valence-corrected chi connectivity index (χ3v) is 7.33. The number of amides is 2. The number of ether oxygens (including phenoxy) is 1. The van der Waals surface area contributed by atoms with Crippen molar-refractivity contribution in [2.24, 2.45) is 4.99 Å². The summed E-state index contributed by atoms with van der Waals surface area (Å²) in [6, 6.07) is 8.22. The number of nitrogens with zero attached hydrogens (tertiary/aromatic N) is 5. The van der Waals surface area contributed by atoms with Crippen molar-refractivity contribution in [3.63, 3.8) is 0 Å². The summed E-state index contributed by atoms with van der Waals surface area (Å²) in [5.41, 5.74) is 3.38. The molecule has 2 heterocycles. The molecule has 0 unspecified atom stereocenters. The second-order valence-corrected chi connectivity index (χ2v) is 12.2. The number of likely N-dealkylation sites (N-methyl/N-ethyl adjacent to an activating group) is 1. The first-order valence-electron chi connectivity index (χ1n) is 14.0. The van der Waals surface area contributed by atoms with Gasteiger partial charge < -0.3 is 24.8 Å². The zero-order chi connectivity index (χ0) is 30.0. The first-order valence-corrected chi connectivity index (χ1v) is 14.9. The summed E-state index contributed by atoms with van der Waals surface area (Å²) in [6.07, 6.45) is 3.76. The summed E-state index contributed by atoms with van der Waals surface area (Å²) in [5.74, 6) is -0.213. The minimum atomic E-state index is -0.621. The molecular weight excluding hydrogens is 536 g/mol. The molecule has 1 aromatic carbocycles. The average Bonchev–Trinajstić information content (AvgIpc) is 3.38. The van der Waals surface area contributed by atoms with Crippen molar-refractivity contribution in [1.82, 2.24) is 20.1 Å². The molecule has 3 rings (SSSR count). The molecule has 41 heavy (non-hydrogen) atoms. The van der Waals surface area contributed by atoms with Crippen LogP contribution in [0.1, 0.15) is 55.7 Å². The van der Waals surface area contributed by atoms with Crippen LogP contribution in [0.3, 0.4) is 0 Å². The Bertz CT molecular complexity index is 1250. The topological polar surface area (TPSA) is 90.4 Å². The number of hydrogen-bond donors (Lipinski definition) is 1. The lowest BCUT2D eigenvalue weighted by atomic mass is 10.1. The van der Waals surface area contributed by atoms with Gasteiger partial charge in [-0.3, -0.25) is 9.79 Å². The van der Waals surface area contributed by atoms with Crippen LogP contribution in [0.15, 0.2) is 59.1 Å². The van der Waals surface area contributed by atoms with Crippen LogP contribution >= 0.6 is 11.3 Å². The van der Waals surface area contributed by atoms with E-state index >= 15 is 0 Å². The van der Waals surface area contributed by atoms with E-state index in [1.807, 2.05) is 58.9 Å². The maximum absolute atomic E-state index is 13.0. The highest BCUT2D eigenvalue weighted by molar-refractivity contribution is 7.09. The summed E-state index contributed by atoms with van der Waals surface area (Å²) in [7, 11) is 2.14. The smallest absolute Gasteiger partial charge is 0.410 e. The molecule has 1 aliphatic heterocycles.